The number of rotatable bonds is 7. The molecular weight excluding hydrogens is 278 g/mol. The predicted octanol–water partition coefficient (Wildman–Crippen LogP) is 2.14. The van der Waals surface area contributed by atoms with Gasteiger partial charge in [0, 0.05) is 32.2 Å². The number of carbonyl (C=O) groups is 1. The summed E-state index contributed by atoms with van der Waals surface area (Å²) in [4.78, 5) is 24.2. The van der Waals surface area contributed by atoms with Crippen LogP contribution >= 0.6 is 0 Å². The predicted molar refractivity (Wildman–Crippen MR) is 89.1 cm³/mol. The summed E-state index contributed by atoms with van der Waals surface area (Å²) in [5, 5.41) is 3.43. The van der Waals surface area contributed by atoms with E-state index in [2.05, 4.69) is 29.1 Å². The molecule has 6 heteroatoms. The molecule has 0 saturated carbocycles. The van der Waals surface area contributed by atoms with E-state index in [1.165, 1.54) is 19.3 Å². The molecule has 0 aliphatic carbocycles. The van der Waals surface area contributed by atoms with Gasteiger partial charge in [-0.1, -0.05) is 26.2 Å². The fourth-order valence-corrected chi connectivity index (χ4v) is 2.58. The highest BCUT2D eigenvalue weighted by Gasteiger charge is 2.22. The van der Waals surface area contributed by atoms with Crippen LogP contribution in [-0.2, 0) is 4.79 Å². The highest BCUT2D eigenvalue weighted by molar-refractivity contribution is 5.82. The second-order valence-corrected chi connectivity index (χ2v) is 6.04. The number of hydrogen-bond donors (Lipinski definition) is 1. The monoisotopic (exact) mass is 305 g/mol. The summed E-state index contributed by atoms with van der Waals surface area (Å²) < 4.78 is 0. The van der Waals surface area contributed by atoms with Gasteiger partial charge < -0.3 is 15.1 Å². The highest BCUT2D eigenvalue weighted by atomic mass is 16.2. The zero-order valence-electron chi connectivity index (χ0n) is 13.9. The van der Waals surface area contributed by atoms with Gasteiger partial charge in [-0.25, -0.2) is 9.97 Å². The zero-order chi connectivity index (χ0) is 15.9. The van der Waals surface area contributed by atoms with Gasteiger partial charge in [0.25, 0.3) is 0 Å². The fraction of sp³-hybridized carbons (Fsp3) is 0.688. The first-order valence-electron chi connectivity index (χ1n) is 8.17. The first kappa shape index (κ1) is 16.5. The van der Waals surface area contributed by atoms with Crippen LogP contribution in [0.15, 0.2) is 12.4 Å². The van der Waals surface area contributed by atoms with Crippen molar-refractivity contribution >= 4 is 17.5 Å². The van der Waals surface area contributed by atoms with Crippen LogP contribution in [0.3, 0.4) is 0 Å². The van der Waals surface area contributed by atoms with Crippen LogP contribution in [0.5, 0.6) is 0 Å². The van der Waals surface area contributed by atoms with Crippen LogP contribution in [0.1, 0.15) is 39.5 Å². The number of unbranched alkanes of at least 4 members (excludes halogenated alkanes) is 2. The second-order valence-electron chi connectivity index (χ2n) is 6.04. The van der Waals surface area contributed by atoms with Crippen molar-refractivity contribution in [3.05, 3.63) is 12.4 Å². The Morgan fingerprint density at radius 3 is 2.86 bits per heavy atom. The smallest absolute Gasteiger partial charge is 0.241 e. The Balaban J connectivity index is 1.93. The summed E-state index contributed by atoms with van der Waals surface area (Å²) in [6, 6.07) is 2.33. The van der Waals surface area contributed by atoms with Crippen LogP contribution < -0.4 is 10.2 Å². The van der Waals surface area contributed by atoms with E-state index >= 15 is 0 Å². The molecule has 2 rings (SSSR count). The lowest BCUT2D eigenvalue weighted by Crippen LogP contribution is -2.48. The van der Waals surface area contributed by atoms with Crippen LogP contribution in [0, 0.1) is 0 Å². The van der Waals surface area contributed by atoms with Gasteiger partial charge in [-0.15, -0.1) is 0 Å². The number of amides is 1. The quantitative estimate of drug-likeness (QED) is 0.782. The van der Waals surface area contributed by atoms with Crippen LogP contribution in [0.2, 0.25) is 0 Å². The number of hydrogen-bond acceptors (Lipinski definition) is 5. The van der Waals surface area contributed by atoms with Gasteiger partial charge in [-0.05, 0) is 13.3 Å². The molecule has 1 unspecified atom stereocenters. The Labute approximate surface area is 132 Å². The second kappa shape index (κ2) is 7.96. The number of aromatic nitrogens is 2. The largest absolute Gasteiger partial charge is 0.367 e. The van der Waals surface area contributed by atoms with E-state index in [1.807, 2.05) is 18.0 Å². The summed E-state index contributed by atoms with van der Waals surface area (Å²) in [7, 11) is 1.84. The summed E-state index contributed by atoms with van der Waals surface area (Å²) in [6.45, 7) is 6.33. The normalized spacial score (nSPS) is 16.8. The van der Waals surface area contributed by atoms with Crippen molar-refractivity contribution < 1.29 is 4.79 Å². The minimum absolute atomic E-state index is 0.132. The van der Waals surface area contributed by atoms with Crippen LogP contribution in [0.4, 0.5) is 11.6 Å². The molecule has 1 saturated heterocycles. The highest BCUT2D eigenvalue weighted by Crippen LogP contribution is 2.17. The molecule has 22 heavy (non-hydrogen) atoms. The molecule has 1 fully saturated rings. The molecule has 0 aromatic carbocycles. The molecule has 0 spiro atoms. The van der Waals surface area contributed by atoms with Crippen molar-refractivity contribution in [3.8, 4) is 0 Å². The van der Waals surface area contributed by atoms with E-state index < -0.39 is 0 Å². The Bertz CT molecular complexity index is 493. The molecule has 2 heterocycles. The van der Waals surface area contributed by atoms with E-state index in [-0.39, 0.29) is 5.91 Å². The van der Waals surface area contributed by atoms with Crippen molar-refractivity contribution in [3.63, 3.8) is 0 Å². The van der Waals surface area contributed by atoms with E-state index in [9.17, 15) is 4.79 Å². The summed E-state index contributed by atoms with van der Waals surface area (Å²) in [5.74, 6) is 1.78. The Morgan fingerprint density at radius 1 is 1.32 bits per heavy atom. The van der Waals surface area contributed by atoms with E-state index in [0.717, 1.165) is 31.1 Å². The molecular formula is C16H27N5O. The van der Waals surface area contributed by atoms with Gasteiger partial charge in [0.1, 0.15) is 18.0 Å². The van der Waals surface area contributed by atoms with Crippen molar-refractivity contribution in [2.75, 3.05) is 36.9 Å². The number of nitrogens with zero attached hydrogens (tertiary/aromatic N) is 4. The van der Waals surface area contributed by atoms with Crippen molar-refractivity contribution in [2.45, 2.75) is 45.6 Å². The van der Waals surface area contributed by atoms with Gasteiger partial charge in [0.05, 0.1) is 6.54 Å². The average Bonchev–Trinajstić information content (AvgIpc) is 2.50. The number of likely N-dealkylation sites (N-methyl/N-ethyl adjacent to an activating group) is 1. The standard InChI is InChI=1S/C16H27N5O/c1-4-5-6-7-13(2)19-14-10-15(18-12-17-14)21-9-8-20(3)16(22)11-21/h10,12-13H,4-9,11H2,1-3H3,(H,17,18,19). The first-order valence-corrected chi connectivity index (χ1v) is 8.17. The third kappa shape index (κ3) is 4.58. The summed E-state index contributed by atoms with van der Waals surface area (Å²) >= 11 is 0. The van der Waals surface area contributed by atoms with Crippen molar-refractivity contribution in [1.29, 1.82) is 0 Å². The molecule has 1 amide bonds. The molecule has 6 nitrogen and oxygen atoms in total. The minimum Gasteiger partial charge on any atom is -0.367 e. The SMILES string of the molecule is CCCCCC(C)Nc1cc(N2CCN(C)C(=O)C2)ncn1. The molecule has 1 aromatic heterocycles. The molecule has 1 atom stereocenters. The van der Waals surface area contributed by atoms with Crippen molar-refractivity contribution in [2.24, 2.45) is 0 Å². The van der Waals surface area contributed by atoms with Gasteiger partial charge in [0.2, 0.25) is 5.91 Å². The third-order valence-electron chi connectivity index (χ3n) is 4.07. The maximum Gasteiger partial charge on any atom is 0.241 e. The fourth-order valence-electron chi connectivity index (χ4n) is 2.58. The lowest BCUT2D eigenvalue weighted by molar-refractivity contribution is -0.129. The average molecular weight is 305 g/mol. The summed E-state index contributed by atoms with van der Waals surface area (Å²) in [5.41, 5.74) is 0. The minimum atomic E-state index is 0.132. The third-order valence-corrected chi connectivity index (χ3v) is 4.07. The number of anilines is 2. The zero-order valence-corrected chi connectivity index (χ0v) is 13.9. The molecule has 1 aliphatic rings. The maximum atomic E-state index is 11.8. The first-order chi connectivity index (χ1) is 10.6. The maximum absolute atomic E-state index is 11.8. The molecule has 1 N–H and O–H groups in total. The molecule has 0 radical (unpaired) electrons. The van der Waals surface area contributed by atoms with E-state index in [1.54, 1.807) is 11.2 Å². The van der Waals surface area contributed by atoms with Crippen LogP contribution in [-0.4, -0.2) is 53.5 Å². The van der Waals surface area contributed by atoms with Crippen molar-refractivity contribution in [1.82, 2.24) is 14.9 Å². The van der Waals surface area contributed by atoms with E-state index in [4.69, 9.17) is 0 Å². The molecule has 1 aromatic rings. The number of piperazine rings is 1. The van der Waals surface area contributed by atoms with Gasteiger partial charge in [0.15, 0.2) is 0 Å². The summed E-state index contributed by atoms with van der Waals surface area (Å²) in [6.07, 6.45) is 6.45. The number of carbonyl (C=O) groups excluding carboxylic acids is 1. The molecule has 1 aliphatic heterocycles. The van der Waals surface area contributed by atoms with Gasteiger partial charge >= 0.3 is 0 Å². The molecule has 0 bridgehead atoms. The lowest BCUT2D eigenvalue weighted by atomic mass is 10.1. The Hall–Kier alpha value is -1.85. The molecule has 122 valence electrons. The Morgan fingerprint density at radius 2 is 2.14 bits per heavy atom. The number of nitrogens with one attached hydrogen (secondary N) is 1. The van der Waals surface area contributed by atoms with Gasteiger partial charge in [-0.3, -0.25) is 4.79 Å². The topological polar surface area (TPSA) is 61.4 Å². The van der Waals surface area contributed by atoms with Gasteiger partial charge in [-0.2, -0.15) is 0 Å². The van der Waals surface area contributed by atoms with E-state index in [0.29, 0.717) is 12.6 Å². The Kier molecular flexibility index (Phi) is 5.98. The lowest BCUT2D eigenvalue weighted by Gasteiger charge is -2.32. The van der Waals surface area contributed by atoms with Crippen LogP contribution in [0.25, 0.3) is 0 Å².